The quantitative estimate of drug-likeness (QED) is 0.578. The molecule has 3 aromatic rings. The van der Waals surface area contributed by atoms with Crippen molar-refractivity contribution < 1.29 is 19.0 Å². The van der Waals surface area contributed by atoms with Gasteiger partial charge in [-0.1, -0.05) is 30.3 Å². The van der Waals surface area contributed by atoms with Crippen LogP contribution in [-0.2, 0) is 19.5 Å². The second kappa shape index (κ2) is 9.64. The number of amides is 1. The molecular formula is C26H28N2O4. The van der Waals surface area contributed by atoms with Crippen LogP contribution in [0.2, 0.25) is 0 Å². The van der Waals surface area contributed by atoms with Crippen molar-refractivity contribution in [3.05, 3.63) is 82.9 Å². The van der Waals surface area contributed by atoms with Gasteiger partial charge in [0.15, 0.2) is 11.5 Å². The SMILES string of the molecule is COc1ccc(CNC(=O)c2ccc(CN3CCc4ccccc43)cc2)c(OC)c1OC. The minimum atomic E-state index is -0.139. The number of anilines is 1. The topological polar surface area (TPSA) is 60.0 Å². The second-order valence-electron chi connectivity index (χ2n) is 7.67. The fourth-order valence-corrected chi connectivity index (χ4v) is 4.13. The van der Waals surface area contributed by atoms with Gasteiger partial charge in [0.25, 0.3) is 5.91 Å². The molecule has 0 saturated carbocycles. The fourth-order valence-electron chi connectivity index (χ4n) is 4.13. The Morgan fingerprint density at radius 1 is 0.906 bits per heavy atom. The first-order chi connectivity index (χ1) is 15.6. The molecule has 0 saturated heterocycles. The van der Waals surface area contributed by atoms with Crippen molar-refractivity contribution in [1.29, 1.82) is 0 Å². The van der Waals surface area contributed by atoms with Crippen LogP contribution in [0.3, 0.4) is 0 Å². The van der Waals surface area contributed by atoms with Crippen molar-refractivity contribution in [1.82, 2.24) is 5.32 Å². The van der Waals surface area contributed by atoms with Crippen LogP contribution >= 0.6 is 0 Å². The van der Waals surface area contributed by atoms with Crippen LogP contribution in [0.15, 0.2) is 60.7 Å². The molecule has 1 N–H and O–H groups in total. The summed E-state index contributed by atoms with van der Waals surface area (Å²) in [5.41, 5.74) is 5.31. The number of para-hydroxylation sites is 1. The number of carbonyl (C=O) groups is 1. The number of fused-ring (bicyclic) bond motifs is 1. The zero-order chi connectivity index (χ0) is 22.5. The summed E-state index contributed by atoms with van der Waals surface area (Å²) in [7, 11) is 4.70. The molecule has 4 rings (SSSR count). The van der Waals surface area contributed by atoms with E-state index in [0.29, 0.717) is 29.4 Å². The van der Waals surface area contributed by atoms with Crippen LogP contribution < -0.4 is 24.4 Å². The minimum absolute atomic E-state index is 0.139. The van der Waals surface area contributed by atoms with Crippen molar-refractivity contribution in [2.24, 2.45) is 0 Å². The van der Waals surface area contributed by atoms with Gasteiger partial charge in [0.2, 0.25) is 5.75 Å². The Hall–Kier alpha value is -3.67. The van der Waals surface area contributed by atoms with Crippen molar-refractivity contribution in [2.75, 3.05) is 32.8 Å². The van der Waals surface area contributed by atoms with Crippen LogP contribution in [0.5, 0.6) is 17.2 Å². The molecule has 32 heavy (non-hydrogen) atoms. The highest BCUT2D eigenvalue weighted by Crippen LogP contribution is 2.39. The number of hydrogen-bond acceptors (Lipinski definition) is 5. The third kappa shape index (κ3) is 4.35. The van der Waals surface area contributed by atoms with Gasteiger partial charge in [-0.05, 0) is 47.9 Å². The van der Waals surface area contributed by atoms with Gasteiger partial charge >= 0.3 is 0 Å². The second-order valence-corrected chi connectivity index (χ2v) is 7.67. The lowest BCUT2D eigenvalue weighted by atomic mass is 10.1. The third-order valence-electron chi connectivity index (χ3n) is 5.80. The van der Waals surface area contributed by atoms with Crippen LogP contribution in [0.25, 0.3) is 0 Å². The number of hydrogen-bond donors (Lipinski definition) is 1. The Bertz CT molecular complexity index is 1100. The molecule has 0 spiro atoms. The molecule has 166 valence electrons. The van der Waals surface area contributed by atoms with E-state index < -0.39 is 0 Å². The van der Waals surface area contributed by atoms with Crippen LogP contribution in [0.4, 0.5) is 5.69 Å². The number of carbonyl (C=O) groups excluding carboxylic acids is 1. The van der Waals surface area contributed by atoms with Crippen molar-refractivity contribution in [3.63, 3.8) is 0 Å². The zero-order valence-electron chi connectivity index (χ0n) is 18.7. The lowest BCUT2D eigenvalue weighted by molar-refractivity contribution is 0.0950. The molecule has 3 aromatic carbocycles. The summed E-state index contributed by atoms with van der Waals surface area (Å²) in [5, 5.41) is 2.96. The third-order valence-corrected chi connectivity index (χ3v) is 5.80. The molecule has 0 aromatic heterocycles. The normalized spacial score (nSPS) is 12.3. The number of benzene rings is 3. The van der Waals surface area contributed by atoms with Crippen LogP contribution in [0.1, 0.15) is 27.0 Å². The molecular weight excluding hydrogens is 404 g/mol. The number of nitrogens with one attached hydrogen (secondary N) is 1. The van der Waals surface area contributed by atoms with Gasteiger partial charge in [0.05, 0.1) is 21.3 Å². The van der Waals surface area contributed by atoms with Gasteiger partial charge in [0, 0.05) is 36.4 Å². The highest BCUT2D eigenvalue weighted by Gasteiger charge is 2.19. The summed E-state index contributed by atoms with van der Waals surface area (Å²) in [6.45, 7) is 2.17. The monoisotopic (exact) mass is 432 g/mol. The molecule has 6 nitrogen and oxygen atoms in total. The number of rotatable bonds is 8. The van der Waals surface area contributed by atoms with Crippen LogP contribution in [0, 0.1) is 0 Å². The average Bonchev–Trinajstić information content (AvgIpc) is 3.25. The van der Waals surface area contributed by atoms with E-state index in [4.69, 9.17) is 14.2 Å². The van der Waals surface area contributed by atoms with E-state index in [9.17, 15) is 4.79 Å². The molecule has 0 unspecified atom stereocenters. The van der Waals surface area contributed by atoms with Crippen molar-refractivity contribution >= 4 is 11.6 Å². The molecule has 0 fully saturated rings. The first-order valence-electron chi connectivity index (χ1n) is 10.6. The standard InChI is InChI=1S/C26H28N2O4/c1-30-23-13-12-21(24(31-2)25(23)32-3)16-27-26(29)20-10-8-18(9-11-20)17-28-15-14-19-6-4-5-7-22(19)28/h4-13H,14-17H2,1-3H3,(H,27,29). The Kier molecular flexibility index (Phi) is 6.50. The van der Waals surface area contributed by atoms with E-state index in [0.717, 1.165) is 25.1 Å². The molecule has 6 heteroatoms. The minimum Gasteiger partial charge on any atom is -0.493 e. The summed E-state index contributed by atoms with van der Waals surface area (Å²) in [6, 6.07) is 20.0. The predicted molar refractivity (Wildman–Crippen MR) is 125 cm³/mol. The Morgan fingerprint density at radius 3 is 2.38 bits per heavy atom. The molecule has 0 bridgehead atoms. The van der Waals surface area contributed by atoms with Crippen LogP contribution in [-0.4, -0.2) is 33.8 Å². The van der Waals surface area contributed by atoms with Gasteiger partial charge in [-0.2, -0.15) is 0 Å². The van der Waals surface area contributed by atoms with Gasteiger partial charge < -0.3 is 24.4 Å². The summed E-state index contributed by atoms with van der Waals surface area (Å²) in [6.07, 6.45) is 1.08. The smallest absolute Gasteiger partial charge is 0.251 e. The lowest BCUT2D eigenvalue weighted by Gasteiger charge is -2.19. The Labute approximate surface area is 188 Å². The number of methoxy groups -OCH3 is 3. The molecule has 1 heterocycles. The molecule has 1 amide bonds. The highest BCUT2D eigenvalue weighted by atomic mass is 16.5. The highest BCUT2D eigenvalue weighted by molar-refractivity contribution is 5.94. The maximum absolute atomic E-state index is 12.7. The van der Waals surface area contributed by atoms with E-state index in [2.05, 4.69) is 34.5 Å². The largest absolute Gasteiger partial charge is 0.493 e. The van der Waals surface area contributed by atoms with E-state index in [-0.39, 0.29) is 5.91 Å². The molecule has 1 aliphatic heterocycles. The van der Waals surface area contributed by atoms with Crippen molar-refractivity contribution in [2.45, 2.75) is 19.5 Å². The van der Waals surface area contributed by atoms with E-state index in [1.165, 1.54) is 16.8 Å². The Morgan fingerprint density at radius 2 is 1.66 bits per heavy atom. The van der Waals surface area contributed by atoms with Gasteiger partial charge in [-0.3, -0.25) is 4.79 Å². The first kappa shape index (κ1) is 21.6. The average molecular weight is 433 g/mol. The van der Waals surface area contributed by atoms with Gasteiger partial charge in [-0.15, -0.1) is 0 Å². The Balaban J connectivity index is 1.40. The van der Waals surface area contributed by atoms with Gasteiger partial charge in [-0.25, -0.2) is 0 Å². The van der Waals surface area contributed by atoms with E-state index >= 15 is 0 Å². The summed E-state index contributed by atoms with van der Waals surface area (Å²) >= 11 is 0. The maximum atomic E-state index is 12.7. The molecule has 0 aliphatic carbocycles. The molecule has 0 atom stereocenters. The molecule has 0 radical (unpaired) electrons. The first-order valence-corrected chi connectivity index (χ1v) is 10.6. The fraction of sp³-hybridized carbons (Fsp3) is 0.269. The summed E-state index contributed by atoms with van der Waals surface area (Å²) < 4.78 is 16.2. The number of ether oxygens (including phenoxy) is 3. The zero-order valence-corrected chi connectivity index (χ0v) is 18.7. The summed E-state index contributed by atoms with van der Waals surface area (Å²) in [5.74, 6) is 1.50. The van der Waals surface area contributed by atoms with Crippen molar-refractivity contribution in [3.8, 4) is 17.2 Å². The van der Waals surface area contributed by atoms with E-state index in [1.54, 1.807) is 27.4 Å². The summed E-state index contributed by atoms with van der Waals surface area (Å²) in [4.78, 5) is 15.1. The maximum Gasteiger partial charge on any atom is 0.251 e. The predicted octanol–water partition coefficient (Wildman–Crippen LogP) is 4.21. The lowest BCUT2D eigenvalue weighted by Crippen LogP contribution is -2.23. The number of nitrogens with zero attached hydrogens (tertiary/aromatic N) is 1. The van der Waals surface area contributed by atoms with E-state index in [1.807, 2.05) is 30.3 Å². The van der Waals surface area contributed by atoms with Gasteiger partial charge in [0.1, 0.15) is 0 Å². The molecule has 1 aliphatic rings.